The maximum atomic E-state index is 12.9. The summed E-state index contributed by atoms with van der Waals surface area (Å²) in [7, 11) is 0. The van der Waals surface area contributed by atoms with Crippen LogP contribution in [0.25, 0.3) is 0 Å². The summed E-state index contributed by atoms with van der Waals surface area (Å²) in [5.41, 5.74) is 4.04. The normalized spacial score (nSPS) is 20.4. The summed E-state index contributed by atoms with van der Waals surface area (Å²) in [6.07, 6.45) is 0.167. The molecule has 0 bridgehead atoms. The van der Waals surface area contributed by atoms with Crippen LogP contribution >= 0.6 is 0 Å². The number of anilines is 2. The maximum absolute atomic E-state index is 12.9. The number of fused-ring (bicyclic) bond motifs is 2. The van der Waals surface area contributed by atoms with E-state index >= 15 is 0 Å². The molecule has 3 aliphatic rings. The fourth-order valence-corrected chi connectivity index (χ4v) is 4.28. The number of aryl methyl sites for hydroxylation is 1. The summed E-state index contributed by atoms with van der Waals surface area (Å²) in [6.45, 7) is 3.34. The van der Waals surface area contributed by atoms with E-state index in [-0.39, 0.29) is 12.5 Å². The van der Waals surface area contributed by atoms with Gasteiger partial charge in [0.05, 0.1) is 0 Å². The largest absolute Gasteiger partial charge is 0.502 e. The highest BCUT2D eigenvalue weighted by atomic mass is 16.2. The van der Waals surface area contributed by atoms with Gasteiger partial charge in [-0.2, -0.15) is 0 Å². The maximum Gasteiger partial charge on any atom is 0.502 e. The van der Waals surface area contributed by atoms with E-state index in [1.54, 1.807) is 4.90 Å². The van der Waals surface area contributed by atoms with Crippen LogP contribution in [0.15, 0.2) is 53.6 Å². The van der Waals surface area contributed by atoms with Crippen molar-refractivity contribution >= 4 is 29.1 Å². The molecular weight excluding hydrogens is 382 g/mol. The molecule has 0 radical (unpaired) electrons. The van der Waals surface area contributed by atoms with E-state index in [1.807, 2.05) is 60.4 Å². The van der Waals surface area contributed by atoms with Crippen LogP contribution in [-0.2, 0) is 20.8 Å². The number of nitrogens with zero attached hydrogens (tertiary/aromatic N) is 5. The predicted molar refractivity (Wildman–Crippen MR) is 109 cm³/mol. The SMILES string of the molecule is Cc1ccc(N2CCN3C(=O)C(=O)[N+](CC(=O)N4CCc5ccccc54)=NC32)cc1. The van der Waals surface area contributed by atoms with E-state index in [4.69, 9.17) is 0 Å². The minimum atomic E-state index is -0.752. The van der Waals surface area contributed by atoms with Gasteiger partial charge < -0.3 is 9.80 Å². The van der Waals surface area contributed by atoms with Crippen molar-refractivity contribution in [1.29, 1.82) is 0 Å². The van der Waals surface area contributed by atoms with E-state index in [0.717, 1.165) is 33.6 Å². The standard InChI is InChI=1S/C22H22N5O3/c1-15-6-8-17(9-7-15)24-12-13-26-20(29)21(30)27(23-22(24)26)14-19(28)25-11-10-16-4-2-3-5-18(16)25/h2-9,22H,10-14H2,1H3/q+1. The van der Waals surface area contributed by atoms with Gasteiger partial charge in [-0.1, -0.05) is 35.9 Å². The van der Waals surface area contributed by atoms with Gasteiger partial charge in [0.25, 0.3) is 18.7 Å². The number of amides is 3. The first-order chi connectivity index (χ1) is 14.5. The summed E-state index contributed by atoms with van der Waals surface area (Å²) in [6, 6.07) is 15.7. The third kappa shape index (κ3) is 2.96. The second-order valence-corrected chi connectivity index (χ2v) is 7.78. The van der Waals surface area contributed by atoms with Gasteiger partial charge in [-0.25, -0.2) is 4.79 Å². The summed E-state index contributed by atoms with van der Waals surface area (Å²) < 4.78 is 1.04. The fraction of sp³-hybridized carbons (Fsp3) is 0.318. The van der Waals surface area contributed by atoms with Gasteiger partial charge >= 0.3 is 11.8 Å². The molecule has 2 aromatic rings. The molecule has 0 saturated carbocycles. The Morgan fingerprint density at radius 1 is 1.03 bits per heavy atom. The molecule has 0 N–H and O–H groups in total. The molecule has 1 fully saturated rings. The number of carbonyl (C=O) groups excluding carboxylic acids is 3. The Morgan fingerprint density at radius 2 is 1.77 bits per heavy atom. The molecule has 3 heterocycles. The molecule has 8 heteroatoms. The van der Waals surface area contributed by atoms with E-state index < -0.39 is 18.1 Å². The Hall–Kier alpha value is -3.55. The molecule has 152 valence electrons. The van der Waals surface area contributed by atoms with E-state index in [9.17, 15) is 14.4 Å². The quantitative estimate of drug-likeness (QED) is 0.574. The number of para-hydroxylation sites is 1. The van der Waals surface area contributed by atoms with Gasteiger partial charge in [-0.15, -0.1) is 0 Å². The van der Waals surface area contributed by atoms with Crippen LogP contribution < -0.4 is 9.80 Å². The molecule has 30 heavy (non-hydrogen) atoms. The van der Waals surface area contributed by atoms with Crippen LogP contribution in [0, 0.1) is 6.92 Å². The van der Waals surface area contributed by atoms with Gasteiger partial charge in [0.1, 0.15) is 0 Å². The third-order valence-corrected chi connectivity index (χ3v) is 5.90. The number of azo groups is 2. The van der Waals surface area contributed by atoms with Crippen molar-refractivity contribution in [2.75, 3.05) is 36.0 Å². The smallest absolute Gasteiger partial charge is 0.326 e. The lowest BCUT2D eigenvalue weighted by molar-refractivity contribution is -0.509. The molecule has 5 rings (SSSR count). The number of benzene rings is 2. The molecule has 0 spiro atoms. The van der Waals surface area contributed by atoms with Gasteiger partial charge in [0, 0.05) is 36.1 Å². The third-order valence-electron chi connectivity index (χ3n) is 5.90. The van der Waals surface area contributed by atoms with E-state index in [2.05, 4.69) is 5.11 Å². The zero-order valence-electron chi connectivity index (χ0n) is 16.7. The van der Waals surface area contributed by atoms with Crippen molar-refractivity contribution in [3.8, 4) is 0 Å². The van der Waals surface area contributed by atoms with Crippen LogP contribution in [0.4, 0.5) is 11.4 Å². The number of hydrogen-bond acceptors (Lipinski definition) is 5. The summed E-state index contributed by atoms with van der Waals surface area (Å²) in [5.74, 6) is -1.60. The van der Waals surface area contributed by atoms with Crippen LogP contribution in [0.3, 0.4) is 0 Å². The zero-order chi connectivity index (χ0) is 20.8. The molecule has 0 aromatic heterocycles. The van der Waals surface area contributed by atoms with E-state index in [0.29, 0.717) is 19.6 Å². The van der Waals surface area contributed by atoms with Crippen LogP contribution in [0.1, 0.15) is 11.1 Å². The highest BCUT2D eigenvalue weighted by Crippen LogP contribution is 2.29. The number of rotatable bonds is 3. The van der Waals surface area contributed by atoms with Gasteiger partial charge in [-0.05, 0) is 41.8 Å². The molecule has 1 unspecified atom stereocenters. The van der Waals surface area contributed by atoms with Crippen LogP contribution in [-0.4, -0.2) is 59.8 Å². The zero-order valence-corrected chi connectivity index (χ0v) is 16.7. The average Bonchev–Trinajstić information content (AvgIpc) is 3.37. The summed E-state index contributed by atoms with van der Waals surface area (Å²) in [5, 5.41) is 4.49. The minimum absolute atomic E-state index is 0.238. The lowest BCUT2D eigenvalue weighted by atomic mass is 10.2. The topological polar surface area (TPSA) is 76.3 Å². The van der Waals surface area contributed by atoms with Gasteiger partial charge in [-0.3, -0.25) is 14.5 Å². The van der Waals surface area contributed by atoms with Crippen molar-refractivity contribution < 1.29 is 19.1 Å². The predicted octanol–water partition coefficient (Wildman–Crippen LogP) is 1.52. The van der Waals surface area contributed by atoms with Crippen LogP contribution in [0.5, 0.6) is 0 Å². The fourth-order valence-electron chi connectivity index (χ4n) is 4.28. The first-order valence-electron chi connectivity index (χ1n) is 10.1. The molecule has 1 atom stereocenters. The van der Waals surface area contributed by atoms with Gasteiger partial charge in [0.2, 0.25) is 0 Å². The molecule has 3 aliphatic heterocycles. The molecule has 3 amide bonds. The Bertz CT molecular complexity index is 1080. The van der Waals surface area contributed by atoms with Crippen molar-refractivity contribution in [1.82, 2.24) is 4.90 Å². The van der Waals surface area contributed by atoms with Crippen molar-refractivity contribution in [2.45, 2.75) is 19.6 Å². The Labute approximate surface area is 174 Å². The van der Waals surface area contributed by atoms with Crippen molar-refractivity contribution in [3.05, 3.63) is 59.7 Å². The first-order valence-corrected chi connectivity index (χ1v) is 10.1. The second kappa shape index (κ2) is 7.05. The Morgan fingerprint density at radius 3 is 2.57 bits per heavy atom. The van der Waals surface area contributed by atoms with Gasteiger partial charge in [0.15, 0.2) is 0 Å². The van der Waals surface area contributed by atoms with Crippen LogP contribution in [0.2, 0.25) is 0 Å². The lowest BCUT2D eigenvalue weighted by Gasteiger charge is -2.27. The highest BCUT2D eigenvalue weighted by Gasteiger charge is 2.50. The van der Waals surface area contributed by atoms with Crippen molar-refractivity contribution in [2.24, 2.45) is 5.11 Å². The first kappa shape index (κ1) is 18.5. The molecule has 1 saturated heterocycles. The number of hydrogen-bond donors (Lipinski definition) is 0. The average molecular weight is 404 g/mol. The van der Waals surface area contributed by atoms with Crippen molar-refractivity contribution in [3.63, 3.8) is 0 Å². The molecular formula is C22H22N5O3+. The highest BCUT2D eigenvalue weighted by molar-refractivity contribution is 6.32. The summed E-state index contributed by atoms with van der Waals surface area (Å²) in [4.78, 5) is 43.3. The molecule has 0 aliphatic carbocycles. The van der Waals surface area contributed by atoms with E-state index in [1.165, 1.54) is 4.90 Å². The minimum Gasteiger partial charge on any atom is -0.326 e. The summed E-state index contributed by atoms with van der Waals surface area (Å²) >= 11 is 0. The molecule has 2 aromatic carbocycles. The second-order valence-electron chi connectivity index (χ2n) is 7.78. The Balaban J connectivity index is 1.41. The Kier molecular flexibility index (Phi) is 4.34. The molecule has 8 nitrogen and oxygen atoms in total. The number of carbonyl (C=O) groups is 3. The monoisotopic (exact) mass is 404 g/mol. The lowest BCUT2D eigenvalue weighted by Crippen LogP contribution is -2.53.